The molecule has 3 rings (SSSR count). The van der Waals surface area contributed by atoms with Gasteiger partial charge in [-0.3, -0.25) is 4.79 Å². The van der Waals surface area contributed by atoms with Crippen LogP contribution in [0.3, 0.4) is 0 Å². The van der Waals surface area contributed by atoms with E-state index in [1.165, 1.54) is 4.90 Å². The van der Waals surface area contributed by atoms with E-state index < -0.39 is 35.6 Å². The molecule has 0 radical (unpaired) electrons. The molecule has 0 bridgehead atoms. The first-order valence-corrected chi connectivity index (χ1v) is 8.08. The second kappa shape index (κ2) is 6.35. The Labute approximate surface area is 137 Å². The van der Waals surface area contributed by atoms with Gasteiger partial charge in [0.25, 0.3) is 0 Å². The molecule has 2 atom stereocenters. The van der Waals surface area contributed by atoms with Crippen LogP contribution in [0.25, 0.3) is 0 Å². The lowest BCUT2D eigenvalue weighted by Gasteiger charge is -2.33. The van der Waals surface area contributed by atoms with Crippen LogP contribution in [0, 0.1) is 17.6 Å². The highest BCUT2D eigenvalue weighted by atomic mass is 19.3. The highest BCUT2D eigenvalue weighted by molar-refractivity contribution is 5.80. The zero-order valence-corrected chi connectivity index (χ0v) is 13.0. The summed E-state index contributed by atoms with van der Waals surface area (Å²) in [7, 11) is 0. The molecule has 1 aromatic rings. The van der Waals surface area contributed by atoms with Gasteiger partial charge < -0.3 is 10.0 Å². The summed E-state index contributed by atoms with van der Waals surface area (Å²) < 4.78 is 54.0. The molecular weight excluding hydrogens is 326 g/mol. The number of likely N-dealkylation sites (tertiary alicyclic amines) is 1. The van der Waals surface area contributed by atoms with Gasteiger partial charge in [0.1, 0.15) is 11.6 Å². The van der Waals surface area contributed by atoms with Gasteiger partial charge in [0.2, 0.25) is 11.8 Å². The van der Waals surface area contributed by atoms with Crippen LogP contribution in [0.5, 0.6) is 0 Å². The number of nitrogens with zero attached hydrogens (tertiary/aromatic N) is 1. The van der Waals surface area contributed by atoms with Crippen molar-refractivity contribution >= 4 is 5.91 Å². The van der Waals surface area contributed by atoms with E-state index in [2.05, 4.69) is 0 Å². The second-order valence-electron chi connectivity index (χ2n) is 6.69. The number of carbonyl (C=O) groups excluding carboxylic acids is 1. The number of hydrogen-bond acceptors (Lipinski definition) is 2. The zero-order valence-electron chi connectivity index (χ0n) is 13.0. The van der Waals surface area contributed by atoms with Gasteiger partial charge in [-0.25, -0.2) is 17.6 Å². The average molecular weight is 345 g/mol. The van der Waals surface area contributed by atoms with E-state index in [0.29, 0.717) is 0 Å². The molecule has 24 heavy (non-hydrogen) atoms. The normalized spacial score (nSPS) is 27.5. The number of rotatable bonds is 2. The standard InChI is InChI=1S/C17H19F4NO2/c18-11-1-2-14(19)13(7-11)15-8-12(23)9-22(15)16(24)10-3-5-17(20,21)6-4-10/h1-2,7,10,12,15,23H,3-6,8-9H2. The molecule has 2 unspecified atom stereocenters. The summed E-state index contributed by atoms with van der Waals surface area (Å²) in [6, 6.07) is 2.22. The molecule has 1 heterocycles. The van der Waals surface area contributed by atoms with Gasteiger partial charge in [0.05, 0.1) is 12.1 Å². The van der Waals surface area contributed by atoms with E-state index in [4.69, 9.17) is 0 Å². The molecule has 0 spiro atoms. The molecule has 7 heteroatoms. The summed E-state index contributed by atoms with van der Waals surface area (Å²) >= 11 is 0. The molecule has 1 aromatic carbocycles. The zero-order chi connectivity index (χ0) is 17.5. The number of benzene rings is 1. The van der Waals surface area contributed by atoms with Crippen LogP contribution in [0.15, 0.2) is 18.2 Å². The number of hydrogen-bond donors (Lipinski definition) is 1. The van der Waals surface area contributed by atoms with E-state index in [0.717, 1.165) is 18.2 Å². The SMILES string of the molecule is O=C(C1CCC(F)(F)CC1)N1CC(O)CC1c1cc(F)ccc1F. The Morgan fingerprint density at radius 3 is 2.54 bits per heavy atom. The van der Waals surface area contributed by atoms with Crippen LogP contribution in [0.1, 0.15) is 43.7 Å². The van der Waals surface area contributed by atoms with Crippen molar-refractivity contribution < 1.29 is 27.5 Å². The van der Waals surface area contributed by atoms with Crippen LogP contribution in [0.2, 0.25) is 0 Å². The Hall–Kier alpha value is -1.63. The summed E-state index contributed by atoms with van der Waals surface area (Å²) in [6.45, 7) is 0.00630. The van der Waals surface area contributed by atoms with Crippen molar-refractivity contribution in [2.45, 2.75) is 50.2 Å². The topological polar surface area (TPSA) is 40.5 Å². The molecular formula is C17H19F4NO2. The smallest absolute Gasteiger partial charge is 0.248 e. The maximum Gasteiger partial charge on any atom is 0.248 e. The number of alkyl halides is 2. The molecule has 1 amide bonds. The van der Waals surface area contributed by atoms with Gasteiger partial charge in [-0.2, -0.15) is 0 Å². The number of β-amino-alcohol motifs (C(OH)–C–C–N with tert-alkyl or cyclic N) is 1. The number of carbonyl (C=O) groups is 1. The van der Waals surface area contributed by atoms with Gasteiger partial charge in [-0.1, -0.05) is 0 Å². The van der Waals surface area contributed by atoms with Crippen molar-refractivity contribution in [2.24, 2.45) is 5.92 Å². The third-order valence-electron chi connectivity index (χ3n) is 4.95. The van der Waals surface area contributed by atoms with Crippen molar-refractivity contribution in [2.75, 3.05) is 6.54 Å². The third-order valence-corrected chi connectivity index (χ3v) is 4.95. The Balaban J connectivity index is 1.80. The van der Waals surface area contributed by atoms with Crippen molar-refractivity contribution in [3.8, 4) is 0 Å². The first-order chi connectivity index (χ1) is 11.3. The van der Waals surface area contributed by atoms with Gasteiger partial charge >= 0.3 is 0 Å². The maximum absolute atomic E-state index is 14.0. The summed E-state index contributed by atoms with van der Waals surface area (Å²) in [5, 5.41) is 9.89. The molecule has 1 saturated carbocycles. The fourth-order valence-corrected chi connectivity index (χ4v) is 3.64. The average Bonchev–Trinajstić information content (AvgIpc) is 2.91. The minimum absolute atomic E-state index is 0.00630. The third kappa shape index (κ3) is 3.41. The van der Waals surface area contributed by atoms with Gasteiger partial charge in [-0.05, 0) is 37.5 Å². The number of aliphatic hydroxyl groups is 1. The van der Waals surface area contributed by atoms with Crippen LogP contribution in [-0.2, 0) is 4.79 Å². The van der Waals surface area contributed by atoms with Gasteiger partial charge in [-0.15, -0.1) is 0 Å². The Morgan fingerprint density at radius 1 is 1.21 bits per heavy atom. The van der Waals surface area contributed by atoms with Gasteiger partial charge in [0, 0.05) is 30.9 Å². The van der Waals surface area contributed by atoms with Crippen LogP contribution in [-0.4, -0.2) is 34.5 Å². The van der Waals surface area contributed by atoms with Crippen molar-refractivity contribution in [3.63, 3.8) is 0 Å². The summed E-state index contributed by atoms with van der Waals surface area (Å²) in [5.74, 6) is -4.94. The van der Waals surface area contributed by atoms with Crippen molar-refractivity contribution in [3.05, 3.63) is 35.4 Å². The molecule has 1 aliphatic heterocycles. The Bertz CT molecular complexity index is 627. The predicted molar refractivity (Wildman–Crippen MR) is 78.3 cm³/mol. The predicted octanol–water partition coefficient (Wildman–Crippen LogP) is 3.42. The second-order valence-corrected chi connectivity index (χ2v) is 6.69. The lowest BCUT2D eigenvalue weighted by molar-refractivity contribution is -0.141. The molecule has 3 nitrogen and oxygen atoms in total. The quantitative estimate of drug-likeness (QED) is 0.835. The van der Waals surface area contributed by atoms with E-state index >= 15 is 0 Å². The first kappa shape index (κ1) is 17.2. The van der Waals surface area contributed by atoms with Crippen molar-refractivity contribution in [1.29, 1.82) is 0 Å². The van der Waals surface area contributed by atoms with Crippen LogP contribution >= 0.6 is 0 Å². The van der Waals surface area contributed by atoms with E-state index in [1.54, 1.807) is 0 Å². The lowest BCUT2D eigenvalue weighted by Crippen LogP contribution is -2.39. The fourth-order valence-electron chi connectivity index (χ4n) is 3.64. The molecule has 132 valence electrons. The van der Waals surface area contributed by atoms with E-state index in [1.807, 2.05) is 0 Å². The van der Waals surface area contributed by atoms with Crippen LogP contribution in [0.4, 0.5) is 17.6 Å². The largest absolute Gasteiger partial charge is 0.391 e. The highest BCUT2D eigenvalue weighted by Crippen LogP contribution is 2.40. The Morgan fingerprint density at radius 2 is 1.88 bits per heavy atom. The van der Waals surface area contributed by atoms with Gasteiger partial charge in [0.15, 0.2) is 0 Å². The molecule has 2 fully saturated rings. The van der Waals surface area contributed by atoms with Crippen molar-refractivity contribution in [1.82, 2.24) is 4.90 Å². The maximum atomic E-state index is 14.0. The fraction of sp³-hybridized carbons (Fsp3) is 0.588. The number of halogens is 4. The van der Waals surface area contributed by atoms with E-state index in [-0.39, 0.29) is 50.1 Å². The monoisotopic (exact) mass is 345 g/mol. The molecule has 1 saturated heterocycles. The highest BCUT2D eigenvalue weighted by Gasteiger charge is 2.43. The number of amides is 1. The first-order valence-electron chi connectivity index (χ1n) is 8.08. The Kier molecular flexibility index (Phi) is 4.55. The molecule has 1 aliphatic carbocycles. The molecule has 2 aliphatic rings. The lowest BCUT2D eigenvalue weighted by atomic mass is 9.85. The number of aliphatic hydroxyl groups excluding tert-OH is 1. The van der Waals surface area contributed by atoms with Crippen LogP contribution < -0.4 is 0 Å². The minimum atomic E-state index is -2.74. The van der Waals surface area contributed by atoms with E-state index in [9.17, 15) is 27.5 Å². The minimum Gasteiger partial charge on any atom is -0.391 e. The summed E-state index contributed by atoms with van der Waals surface area (Å²) in [5.41, 5.74) is 0.0149. The molecule has 0 aromatic heterocycles. The molecule has 1 N–H and O–H groups in total. The summed E-state index contributed by atoms with van der Waals surface area (Å²) in [6.07, 6.45) is -1.30. The summed E-state index contributed by atoms with van der Waals surface area (Å²) in [4.78, 5) is 14.0.